The second-order valence-corrected chi connectivity index (χ2v) is 6.62. The van der Waals surface area contributed by atoms with E-state index in [1.165, 1.54) is 12.8 Å². The van der Waals surface area contributed by atoms with E-state index in [1.807, 2.05) is 35.6 Å². The SMILES string of the molecule is CC1CCN(C(=O)N(C)C2CCCC2)CC1n1ccnc1. The van der Waals surface area contributed by atoms with Gasteiger partial charge in [0.2, 0.25) is 0 Å². The summed E-state index contributed by atoms with van der Waals surface area (Å²) in [5.74, 6) is 0.583. The Morgan fingerprint density at radius 1 is 1.29 bits per heavy atom. The van der Waals surface area contributed by atoms with Gasteiger partial charge in [0.05, 0.1) is 12.4 Å². The summed E-state index contributed by atoms with van der Waals surface area (Å²) in [5, 5.41) is 0. The van der Waals surface area contributed by atoms with Gasteiger partial charge in [0.15, 0.2) is 0 Å². The fourth-order valence-corrected chi connectivity index (χ4v) is 3.75. The molecule has 0 bridgehead atoms. The number of nitrogens with zero attached hydrogens (tertiary/aromatic N) is 4. The third-order valence-corrected chi connectivity index (χ3v) is 5.27. The second-order valence-electron chi connectivity index (χ2n) is 6.62. The van der Waals surface area contributed by atoms with Gasteiger partial charge in [-0.05, 0) is 25.2 Å². The molecule has 2 unspecified atom stereocenters. The number of hydrogen-bond acceptors (Lipinski definition) is 2. The van der Waals surface area contributed by atoms with Crippen molar-refractivity contribution in [1.82, 2.24) is 19.4 Å². The topological polar surface area (TPSA) is 41.4 Å². The third-order valence-electron chi connectivity index (χ3n) is 5.27. The first-order chi connectivity index (χ1) is 10.2. The Bertz CT molecular complexity index is 467. The van der Waals surface area contributed by atoms with E-state index < -0.39 is 0 Å². The first-order valence-electron chi connectivity index (χ1n) is 8.16. The van der Waals surface area contributed by atoms with Crippen molar-refractivity contribution in [3.63, 3.8) is 0 Å². The Morgan fingerprint density at radius 2 is 2.05 bits per heavy atom. The van der Waals surface area contributed by atoms with Crippen LogP contribution < -0.4 is 0 Å². The van der Waals surface area contributed by atoms with E-state index in [4.69, 9.17) is 0 Å². The molecule has 1 aromatic heterocycles. The van der Waals surface area contributed by atoms with Crippen LogP contribution in [0.3, 0.4) is 0 Å². The normalized spacial score (nSPS) is 27.0. The minimum absolute atomic E-state index is 0.207. The van der Waals surface area contributed by atoms with Crippen LogP contribution in [0, 0.1) is 5.92 Å². The van der Waals surface area contributed by atoms with Gasteiger partial charge in [0.1, 0.15) is 0 Å². The monoisotopic (exact) mass is 290 g/mol. The number of likely N-dealkylation sites (tertiary alicyclic amines) is 1. The lowest BCUT2D eigenvalue weighted by molar-refractivity contribution is 0.107. The van der Waals surface area contributed by atoms with Gasteiger partial charge < -0.3 is 14.4 Å². The van der Waals surface area contributed by atoms with Crippen molar-refractivity contribution in [1.29, 1.82) is 0 Å². The molecule has 1 aliphatic heterocycles. The van der Waals surface area contributed by atoms with E-state index in [0.29, 0.717) is 18.0 Å². The Hall–Kier alpha value is -1.52. The number of aromatic nitrogens is 2. The lowest BCUT2D eigenvalue weighted by atomic mass is 9.93. The molecule has 3 rings (SSSR count). The number of hydrogen-bond donors (Lipinski definition) is 0. The van der Waals surface area contributed by atoms with Crippen molar-refractivity contribution in [3.8, 4) is 0 Å². The molecule has 5 nitrogen and oxygen atoms in total. The number of carbonyl (C=O) groups excluding carboxylic acids is 1. The molecule has 0 aromatic carbocycles. The maximum atomic E-state index is 12.7. The van der Waals surface area contributed by atoms with Gasteiger partial charge in [-0.15, -0.1) is 0 Å². The number of rotatable bonds is 2. The second kappa shape index (κ2) is 6.08. The molecular weight excluding hydrogens is 264 g/mol. The largest absolute Gasteiger partial charge is 0.332 e. The summed E-state index contributed by atoms with van der Waals surface area (Å²) in [4.78, 5) is 20.9. The quantitative estimate of drug-likeness (QED) is 0.840. The predicted octanol–water partition coefficient (Wildman–Crippen LogP) is 2.76. The highest BCUT2D eigenvalue weighted by Crippen LogP contribution is 2.29. The number of imidazole rings is 1. The van der Waals surface area contributed by atoms with Crippen LogP contribution in [-0.2, 0) is 0 Å². The minimum Gasteiger partial charge on any atom is -0.332 e. The van der Waals surface area contributed by atoms with E-state index in [-0.39, 0.29) is 6.03 Å². The molecule has 21 heavy (non-hydrogen) atoms. The van der Waals surface area contributed by atoms with Crippen LogP contribution in [0.2, 0.25) is 0 Å². The summed E-state index contributed by atoms with van der Waals surface area (Å²) in [6, 6.07) is 1.00. The fraction of sp³-hybridized carbons (Fsp3) is 0.750. The number of carbonyl (C=O) groups is 1. The summed E-state index contributed by atoms with van der Waals surface area (Å²) < 4.78 is 2.15. The summed E-state index contributed by atoms with van der Waals surface area (Å²) in [6.45, 7) is 3.95. The molecule has 2 heterocycles. The van der Waals surface area contributed by atoms with Gasteiger partial charge in [0.25, 0.3) is 0 Å². The van der Waals surface area contributed by atoms with Crippen LogP contribution in [-0.4, -0.2) is 51.6 Å². The van der Waals surface area contributed by atoms with Gasteiger partial charge in [0, 0.05) is 38.6 Å². The molecule has 1 aliphatic carbocycles. The molecule has 2 aliphatic rings. The Morgan fingerprint density at radius 3 is 2.71 bits per heavy atom. The zero-order valence-electron chi connectivity index (χ0n) is 13.1. The number of amides is 2. The van der Waals surface area contributed by atoms with Gasteiger partial charge >= 0.3 is 6.03 Å². The summed E-state index contributed by atoms with van der Waals surface area (Å²) in [6.07, 6.45) is 11.6. The molecule has 2 atom stereocenters. The molecule has 2 fully saturated rings. The highest BCUT2D eigenvalue weighted by atomic mass is 16.2. The molecule has 1 aromatic rings. The summed E-state index contributed by atoms with van der Waals surface area (Å²) >= 11 is 0. The molecule has 2 amide bonds. The van der Waals surface area contributed by atoms with Crippen LogP contribution >= 0.6 is 0 Å². The summed E-state index contributed by atoms with van der Waals surface area (Å²) in [7, 11) is 1.97. The van der Waals surface area contributed by atoms with Crippen molar-refractivity contribution < 1.29 is 4.79 Å². The minimum atomic E-state index is 0.207. The zero-order chi connectivity index (χ0) is 14.8. The summed E-state index contributed by atoms with van der Waals surface area (Å²) in [5.41, 5.74) is 0. The molecular formula is C16H26N4O. The maximum absolute atomic E-state index is 12.7. The zero-order valence-corrected chi connectivity index (χ0v) is 13.1. The molecule has 0 spiro atoms. The van der Waals surface area contributed by atoms with Crippen LogP contribution in [0.15, 0.2) is 18.7 Å². The highest BCUT2D eigenvalue weighted by Gasteiger charge is 2.33. The standard InChI is InChI=1S/C16H26N4O/c1-13-7-9-19(11-15(13)20-10-8-17-12-20)16(21)18(2)14-5-3-4-6-14/h8,10,12-15H,3-7,9,11H2,1-2H3. The molecule has 5 heteroatoms. The highest BCUT2D eigenvalue weighted by molar-refractivity contribution is 5.74. The van der Waals surface area contributed by atoms with Crippen molar-refractivity contribution in [2.75, 3.05) is 20.1 Å². The Kier molecular flexibility index (Phi) is 4.17. The van der Waals surface area contributed by atoms with E-state index in [0.717, 1.165) is 32.4 Å². The van der Waals surface area contributed by atoms with Crippen molar-refractivity contribution in [2.24, 2.45) is 5.92 Å². The van der Waals surface area contributed by atoms with Gasteiger partial charge in [-0.3, -0.25) is 0 Å². The number of urea groups is 1. The average molecular weight is 290 g/mol. The third kappa shape index (κ3) is 2.92. The van der Waals surface area contributed by atoms with Crippen molar-refractivity contribution in [3.05, 3.63) is 18.7 Å². The Labute approximate surface area is 126 Å². The molecule has 1 saturated heterocycles. The number of piperidine rings is 1. The van der Waals surface area contributed by atoms with Crippen molar-refractivity contribution >= 4 is 6.03 Å². The van der Waals surface area contributed by atoms with Crippen LogP contribution in [0.5, 0.6) is 0 Å². The van der Waals surface area contributed by atoms with Crippen LogP contribution in [0.4, 0.5) is 4.79 Å². The van der Waals surface area contributed by atoms with E-state index >= 15 is 0 Å². The smallest absolute Gasteiger partial charge is 0.320 e. The molecule has 0 N–H and O–H groups in total. The van der Waals surface area contributed by atoms with E-state index in [2.05, 4.69) is 16.5 Å². The maximum Gasteiger partial charge on any atom is 0.320 e. The van der Waals surface area contributed by atoms with Gasteiger partial charge in [-0.2, -0.15) is 0 Å². The molecule has 116 valence electrons. The Balaban J connectivity index is 1.66. The van der Waals surface area contributed by atoms with Gasteiger partial charge in [-0.1, -0.05) is 19.8 Å². The van der Waals surface area contributed by atoms with Crippen LogP contribution in [0.1, 0.15) is 45.1 Å². The lowest BCUT2D eigenvalue weighted by Crippen LogP contribution is -2.50. The predicted molar refractivity (Wildman–Crippen MR) is 82.0 cm³/mol. The average Bonchev–Trinajstić information content (AvgIpc) is 3.19. The molecule has 0 radical (unpaired) electrons. The van der Waals surface area contributed by atoms with Gasteiger partial charge in [-0.25, -0.2) is 9.78 Å². The van der Waals surface area contributed by atoms with E-state index in [9.17, 15) is 4.79 Å². The van der Waals surface area contributed by atoms with E-state index in [1.54, 1.807) is 0 Å². The van der Waals surface area contributed by atoms with Crippen LogP contribution in [0.25, 0.3) is 0 Å². The molecule has 1 saturated carbocycles. The lowest BCUT2D eigenvalue weighted by Gasteiger charge is -2.40. The first kappa shape index (κ1) is 14.4. The fourth-order valence-electron chi connectivity index (χ4n) is 3.75. The first-order valence-corrected chi connectivity index (χ1v) is 8.16. The van der Waals surface area contributed by atoms with Crippen molar-refractivity contribution in [2.45, 2.75) is 51.1 Å².